The van der Waals surface area contributed by atoms with E-state index < -0.39 is 6.10 Å². The Morgan fingerprint density at radius 3 is 0.875 bits per heavy atom. The molecule has 6 heteroatoms. The molecule has 0 fully saturated rings. The van der Waals surface area contributed by atoms with Gasteiger partial charge < -0.3 is 14.2 Å². The monoisotopic (exact) mass is 793 g/mol. The van der Waals surface area contributed by atoms with Gasteiger partial charge in [0, 0.05) is 19.3 Å². The molecule has 332 valence electrons. The van der Waals surface area contributed by atoms with E-state index in [4.69, 9.17) is 14.2 Å². The van der Waals surface area contributed by atoms with Crippen LogP contribution < -0.4 is 0 Å². The summed E-state index contributed by atoms with van der Waals surface area (Å²) >= 11 is 0. The van der Waals surface area contributed by atoms with Crippen LogP contribution in [0.3, 0.4) is 0 Å². The van der Waals surface area contributed by atoms with Crippen molar-refractivity contribution >= 4 is 17.9 Å². The predicted octanol–water partition coefficient (Wildman–Crippen LogP) is 15.8. The van der Waals surface area contributed by atoms with Crippen LogP contribution in [0, 0.1) is 11.8 Å². The van der Waals surface area contributed by atoms with Crippen LogP contribution in [0.1, 0.15) is 272 Å². The Labute approximate surface area is 348 Å². The number of ether oxygens (including phenoxy) is 3. The van der Waals surface area contributed by atoms with Crippen molar-refractivity contribution < 1.29 is 28.6 Å². The molecule has 0 aliphatic heterocycles. The third-order valence-electron chi connectivity index (χ3n) is 11.2. The van der Waals surface area contributed by atoms with Crippen LogP contribution in [0.2, 0.25) is 0 Å². The molecular weight excluding hydrogens is 697 g/mol. The second kappa shape index (κ2) is 43.0. The number of hydrogen-bond donors (Lipinski definition) is 0. The van der Waals surface area contributed by atoms with E-state index in [2.05, 4.69) is 34.6 Å². The Bertz CT molecular complexity index is 854. The number of esters is 3. The largest absolute Gasteiger partial charge is 0.462 e. The van der Waals surface area contributed by atoms with Crippen molar-refractivity contribution in [2.75, 3.05) is 13.2 Å². The topological polar surface area (TPSA) is 78.9 Å². The summed E-state index contributed by atoms with van der Waals surface area (Å²) in [5.74, 6) is 0.748. The number of carbonyl (C=O) groups is 3. The van der Waals surface area contributed by atoms with E-state index in [-0.39, 0.29) is 31.1 Å². The van der Waals surface area contributed by atoms with Gasteiger partial charge in [0.15, 0.2) is 6.10 Å². The van der Waals surface area contributed by atoms with Crippen molar-refractivity contribution in [3.63, 3.8) is 0 Å². The molecule has 0 aromatic carbocycles. The van der Waals surface area contributed by atoms with Crippen molar-refractivity contribution in [2.45, 2.75) is 278 Å². The first kappa shape index (κ1) is 54.4. The number of rotatable bonds is 44. The fourth-order valence-corrected chi connectivity index (χ4v) is 7.46. The van der Waals surface area contributed by atoms with E-state index >= 15 is 0 Å². The van der Waals surface area contributed by atoms with Crippen LogP contribution in [0.25, 0.3) is 0 Å². The predicted molar refractivity (Wildman–Crippen MR) is 238 cm³/mol. The van der Waals surface area contributed by atoms with E-state index in [1.165, 1.54) is 161 Å². The van der Waals surface area contributed by atoms with Crippen LogP contribution in [0.4, 0.5) is 0 Å². The second-order valence-electron chi connectivity index (χ2n) is 18.1. The molecule has 56 heavy (non-hydrogen) atoms. The fraction of sp³-hybridized carbons (Fsp3) is 0.940. The lowest BCUT2D eigenvalue weighted by Gasteiger charge is -2.18. The molecule has 0 heterocycles. The Morgan fingerprint density at radius 1 is 0.339 bits per heavy atom. The first-order chi connectivity index (χ1) is 27.2. The molecule has 0 unspecified atom stereocenters. The van der Waals surface area contributed by atoms with Gasteiger partial charge >= 0.3 is 17.9 Å². The van der Waals surface area contributed by atoms with Crippen LogP contribution in [0.5, 0.6) is 0 Å². The lowest BCUT2D eigenvalue weighted by Crippen LogP contribution is -2.30. The highest BCUT2D eigenvalue weighted by molar-refractivity contribution is 5.71. The molecule has 0 rings (SSSR count). The van der Waals surface area contributed by atoms with Crippen LogP contribution in [-0.4, -0.2) is 37.2 Å². The first-order valence-corrected chi connectivity index (χ1v) is 24.7. The summed E-state index contributed by atoms with van der Waals surface area (Å²) in [5, 5.41) is 0. The molecule has 0 aromatic rings. The van der Waals surface area contributed by atoms with Gasteiger partial charge in [-0.25, -0.2) is 0 Å². The summed E-state index contributed by atoms with van der Waals surface area (Å²) in [5.41, 5.74) is 0. The summed E-state index contributed by atoms with van der Waals surface area (Å²) in [4.78, 5) is 37.8. The van der Waals surface area contributed by atoms with Gasteiger partial charge in [-0.15, -0.1) is 0 Å². The molecular formula is C50H96O6. The van der Waals surface area contributed by atoms with Gasteiger partial charge in [0.05, 0.1) is 0 Å². The van der Waals surface area contributed by atoms with Crippen LogP contribution in [0.15, 0.2) is 0 Å². The van der Waals surface area contributed by atoms with Gasteiger partial charge in [-0.1, -0.05) is 234 Å². The van der Waals surface area contributed by atoms with E-state index in [1.54, 1.807) is 0 Å². The zero-order chi connectivity index (χ0) is 41.2. The molecule has 0 spiro atoms. The van der Waals surface area contributed by atoms with Crippen molar-refractivity contribution in [3.8, 4) is 0 Å². The van der Waals surface area contributed by atoms with Crippen LogP contribution in [-0.2, 0) is 28.6 Å². The normalized spacial score (nSPS) is 12.1. The fourth-order valence-electron chi connectivity index (χ4n) is 7.46. The zero-order valence-corrected chi connectivity index (χ0v) is 38.3. The minimum Gasteiger partial charge on any atom is -0.462 e. The third kappa shape index (κ3) is 43.5. The van der Waals surface area contributed by atoms with Crippen molar-refractivity contribution in [3.05, 3.63) is 0 Å². The second-order valence-corrected chi connectivity index (χ2v) is 18.1. The maximum atomic E-state index is 12.7. The van der Waals surface area contributed by atoms with Gasteiger partial charge in [0.2, 0.25) is 0 Å². The Morgan fingerprint density at radius 2 is 0.589 bits per heavy atom. The quantitative estimate of drug-likeness (QED) is 0.0347. The summed E-state index contributed by atoms with van der Waals surface area (Å²) < 4.78 is 16.8. The summed E-state index contributed by atoms with van der Waals surface area (Å²) in [6.07, 6.45) is 42.4. The molecule has 0 aromatic heterocycles. The average Bonchev–Trinajstić information content (AvgIpc) is 3.16. The number of carbonyl (C=O) groups excluding carboxylic acids is 3. The lowest BCUT2D eigenvalue weighted by atomic mass is 10.0. The molecule has 1 atom stereocenters. The molecule has 0 radical (unpaired) electrons. The minimum atomic E-state index is -0.761. The van der Waals surface area contributed by atoms with Crippen molar-refractivity contribution in [1.82, 2.24) is 0 Å². The average molecular weight is 793 g/mol. The van der Waals surface area contributed by atoms with Gasteiger partial charge in [-0.05, 0) is 31.1 Å². The van der Waals surface area contributed by atoms with Crippen molar-refractivity contribution in [2.24, 2.45) is 11.8 Å². The van der Waals surface area contributed by atoms with Gasteiger partial charge in [0.25, 0.3) is 0 Å². The van der Waals surface area contributed by atoms with Gasteiger partial charge in [-0.2, -0.15) is 0 Å². The third-order valence-corrected chi connectivity index (χ3v) is 11.2. The molecule has 0 aliphatic carbocycles. The molecule has 0 aliphatic rings. The summed E-state index contributed by atoms with van der Waals surface area (Å²) in [6, 6.07) is 0. The van der Waals surface area contributed by atoms with Crippen LogP contribution >= 0.6 is 0 Å². The highest BCUT2D eigenvalue weighted by Crippen LogP contribution is 2.17. The maximum absolute atomic E-state index is 12.7. The van der Waals surface area contributed by atoms with E-state index in [0.717, 1.165) is 69.6 Å². The SMILES string of the molecule is CCCCCCCCCCCCCCCCCC(=O)OC[C@@H](COC(=O)CCCCCCCCCCCC(C)C)OC(=O)CCCCCCCCCCC(C)C. The molecule has 0 N–H and O–H groups in total. The van der Waals surface area contributed by atoms with E-state index in [1.807, 2.05) is 0 Å². The first-order valence-electron chi connectivity index (χ1n) is 24.7. The highest BCUT2D eigenvalue weighted by Gasteiger charge is 2.19. The molecule has 0 bridgehead atoms. The number of unbranched alkanes of at least 4 members (excludes halogenated alkanes) is 29. The molecule has 6 nitrogen and oxygen atoms in total. The standard InChI is InChI=1S/C50H96O6/c1-6-7-8-9-10-11-12-13-14-15-16-19-25-30-35-40-48(51)54-43-47(56-50(53)42-37-32-27-22-21-24-29-34-39-46(4)5)44-55-49(52)41-36-31-26-20-17-18-23-28-33-38-45(2)3/h45-47H,6-44H2,1-5H3/t47-/m0/s1. The smallest absolute Gasteiger partial charge is 0.306 e. The Balaban J connectivity index is 4.30. The van der Waals surface area contributed by atoms with Gasteiger partial charge in [0.1, 0.15) is 13.2 Å². The van der Waals surface area contributed by atoms with Crippen molar-refractivity contribution in [1.29, 1.82) is 0 Å². The lowest BCUT2D eigenvalue weighted by molar-refractivity contribution is -0.167. The highest BCUT2D eigenvalue weighted by atomic mass is 16.6. The molecule has 0 saturated heterocycles. The van der Waals surface area contributed by atoms with Gasteiger partial charge in [-0.3, -0.25) is 14.4 Å². The minimum absolute atomic E-state index is 0.0646. The summed E-state index contributed by atoms with van der Waals surface area (Å²) in [7, 11) is 0. The maximum Gasteiger partial charge on any atom is 0.306 e. The van der Waals surface area contributed by atoms with E-state index in [0.29, 0.717) is 19.3 Å². The molecule has 0 amide bonds. The Hall–Kier alpha value is -1.59. The van der Waals surface area contributed by atoms with E-state index in [9.17, 15) is 14.4 Å². The summed E-state index contributed by atoms with van der Waals surface area (Å²) in [6.45, 7) is 11.3. The Kier molecular flexibility index (Phi) is 41.8. The molecule has 0 saturated carbocycles. The zero-order valence-electron chi connectivity index (χ0n) is 38.3. The number of hydrogen-bond acceptors (Lipinski definition) is 6.